The third-order valence-electron chi connectivity index (χ3n) is 5.43. The number of likely N-dealkylation sites (N-methyl/N-ethyl adjacent to an activating group) is 1. The smallest absolute Gasteiger partial charge is 0.352 e. The van der Waals surface area contributed by atoms with Crippen LogP contribution in [0.25, 0.3) is 0 Å². The number of fused-ring (bicyclic) bond motifs is 1. The van der Waals surface area contributed by atoms with E-state index in [1.807, 2.05) is 20.2 Å². The fraction of sp³-hybridized carbons (Fsp3) is 0.400. The molecular weight excluding hydrogens is 526 g/mol. The number of β-lactam (4-membered cyclic amide) rings is 1. The molecule has 2 aliphatic rings. The highest BCUT2D eigenvalue weighted by atomic mass is 32.2. The molecule has 0 aliphatic carbocycles. The van der Waals surface area contributed by atoms with E-state index in [9.17, 15) is 19.5 Å². The lowest BCUT2D eigenvalue weighted by atomic mass is 10.0. The summed E-state index contributed by atoms with van der Waals surface area (Å²) in [6.45, 7) is 1.05. The van der Waals surface area contributed by atoms with Crippen molar-refractivity contribution in [1.82, 2.24) is 29.8 Å². The number of carbonyl (C=O) groups is 3. The molecule has 2 aliphatic heterocycles. The number of aromatic nitrogens is 4. The normalized spacial score (nSPS) is 20.1. The summed E-state index contributed by atoms with van der Waals surface area (Å²) < 4.78 is 9.64. The van der Waals surface area contributed by atoms with Crippen molar-refractivity contribution in [3.8, 4) is 0 Å². The number of carboxylic acid groups (broad SMARTS) is 1. The third kappa shape index (κ3) is 5.62. The lowest BCUT2D eigenvalue weighted by Crippen LogP contribution is -2.71. The number of carbonyl (C=O) groups excluding carboxylic acids is 2. The molecule has 1 saturated heterocycles. The second-order valence-corrected chi connectivity index (χ2v) is 10.5. The number of nitrogens with two attached hydrogens (primary N) is 1. The zero-order valence-electron chi connectivity index (χ0n) is 20.0. The Labute approximate surface area is 218 Å². The molecule has 1 fully saturated rings. The number of hydrogen-bond acceptors (Lipinski definition) is 13. The predicted octanol–water partition coefficient (Wildman–Crippen LogP) is -0.575. The Morgan fingerprint density at radius 2 is 2.24 bits per heavy atom. The zero-order valence-corrected chi connectivity index (χ0v) is 21.7. The summed E-state index contributed by atoms with van der Waals surface area (Å²) in [6, 6.07) is -0.958. The maximum atomic E-state index is 13.0. The SMILES string of the molecule is CO/N=C(\C(=O)N[C@@H]1C(=O)N2C(C(=O)O)=C(/C=C/C[N+](C)(C)Cc3nnco3)CS[C@H]12)c1nsc(N)n1. The molecule has 4 N–H and O–H groups in total. The molecule has 0 spiro atoms. The Kier molecular flexibility index (Phi) is 7.55. The van der Waals surface area contributed by atoms with Gasteiger partial charge in [-0.2, -0.15) is 9.36 Å². The van der Waals surface area contributed by atoms with Crippen molar-refractivity contribution in [2.75, 3.05) is 39.2 Å². The zero-order chi connectivity index (χ0) is 26.7. The fourth-order valence-electron chi connectivity index (χ4n) is 3.76. The summed E-state index contributed by atoms with van der Waals surface area (Å²) in [5, 5.41) is 23.2. The number of quaternary nitrogens is 1. The van der Waals surface area contributed by atoms with Crippen LogP contribution in [0.15, 0.2) is 39.4 Å². The maximum absolute atomic E-state index is 13.0. The minimum absolute atomic E-state index is 0.0410. The number of oxime groups is 1. The van der Waals surface area contributed by atoms with E-state index in [1.165, 1.54) is 30.2 Å². The van der Waals surface area contributed by atoms with Crippen molar-refractivity contribution in [1.29, 1.82) is 0 Å². The van der Waals surface area contributed by atoms with E-state index in [1.54, 1.807) is 6.08 Å². The van der Waals surface area contributed by atoms with Crippen LogP contribution in [-0.2, 0) is 25.8 Å². The quantitative estimate of drug-likeness (QED) is 0.147. The highest BCUT2D eigenvalue weighted by molar-refractivity contribution is 8.00. The number of allylic oxidation sites excluding steroid dienone is 1. The molecule has 17 heteroatoms. The lowest BCUT2D eigenvalue weighted by Gasteiger charge is -2.49. The Bertz CT molecular complexity index is 1290. The first-order chi connectivity index (χ1) is 17.6. The number of hydrogen-bond donors (Lipinski definition) is 3. The molecule has 0 aromatic carbocycles. The minimum atomic E-state index is -1.23. The summed E-state index contributed by atoms with van der Waals surface area (Å²) in [4.78, 5) is 47.7. The van der Waals surface area contributed by atoms with E-state index < -0.39 is 29.2 Å². The molecule has 196 valence electrons. The predicted molar refractivity (Wildman–Crippen MR) is 132 cm³/mol. The second-order valence-electron chi connectivity index (χ2n) is 8.63. The van der Waals surface area contributed by atoms with Crippen molar-refractivity contribution in [2.45, 2.75) is 18.0 Å². The number of nitrogens with zero attached hydrogens (tertiary/aromatic N) is 7. The van der Waals surface area contributed by atoms with Gasteiger partial charge in [-0.05, 0) is 11.6 Å². The number of anilines is 1. The van der Waals surface area contributed by atoms with Crippen LogP contribution in [0.3, 0.4) is 0 Å². The molecule has 4 heterocycles. The van der Waals surface area contributed by atoms with Gasteiger partial charge < -0.3 is 29.9 Å². The van der Waals surface area contributed by atoms with Gasteiger partial charge in [0.05, 0.1) is 20.6 Å². The average Bonchev–Trinajstić information content (AvgIpc) is 3.51. The van der Waals surface area contributed by atoms with Crippen LogP contribution in [0.5, 0.6) is 0 Å². The Balaban J connectivity index is 1.46. The first kappa shape index (κ1) is 26.2. The van der Waals surface area contributed by atoms with Crippen LogP contribution >= 0.6 is 23.3 Å². The van der Waals surface area contributed by atoms with E-state index in [-0.39, 0.29) is 22.4 Å². The van der Waals surface area contributed by atoms with Crippen molar-refractivity contribution in [3.05, 3.63) is 41.5 Å². The highest BCUT2D eigenvalue weighted by Gasteiger charge is 2.54. The van der Waals surface area contributed by atoms with E-state index in [0.717, 1.165) is 11.5 Å². The largest absolute Gasteiger partial charge is 0.477 e. The van der Waals surface area contributed by atoms with Crippen molar-refractivity contribution in [3.63, 3.8) is 0 Å². The van der Waals surface area contributed by atoms with E-state index in [0.29, 0.717) is 34.8 Å². The van der Waals surface area contributed by atoms with Crippen LogP contribution < -0.4 is 11.1 Å². The van der Waals surface area contributed by atoms with Gasteiger partial charge in [0.2, 0.25) is 17.9 Å². The summed E-state index contributed by atoms with van der Waals surface area (Å²) in [5.41, 5.74) is 5.71. The Morgan fingerprint density at radius 1 is 1.46 bits per heavy atom. The summed E-state index contributed by atoms with van der Waals surface area (Å²) >= 11 is 2.22. The van der Waals surface area contributed by atoms with Crippen molar-refractivity contribution >= 4 is 51.9 Å². The van der Waals surface area contributed by atoms with E-state index in [2.05, 4.69) is 30.0 Å². The second kappa shape index (κ2) is 10.7. The lowest BCUT2D eigenvalue weighted by molar-refractivity contribution is -0.899. The summed E-state index contributed by atoms with van der Waals surface area (Å²) in [6.07, 6.45) is 4.82. The van der Waals surface area contributed by atoms with E-state index >= 15 is 0 Å². The Morgan fingerprint density at radius 3 is 2.86 bits per heavy atom. The molecule has 0 saturated carbocycles. The number of rotatable bonds is 10. The van der Waals surface area contributed by atoms with Crippen LogP contribution in [0, 0.1) is 0 Å². The minimum Gasteiger partial charge on any atom is -0.477 e. The molecule has 0 bridgehead atoms. The van der Waals surface area contributed by atoms with Gasteiger partial charge in [-0.3, -0.25) is 14.5 Å². The molecule has 2 atom stereocenters. The summed E-state index contributed by atoms with van der Waals surface area (Å²) in [5.74, 6) is -1.74. The van der Waals surface area contributed by atoms with Crippen LogP contribution in [0.4, 0.5) is 5.13 Å². The van der Waals surface area contributed by atoms with Gasteiger partial charge in [0.1, 0.15) is 24.2 Å². The first-order valence-corrected chi connectivity index (χ1v) is 12.6. The number of nitrogens with one attached hydrogen (secondary N) is 1. The average molecular weight is 551 g/mol. The van der Waals surface area contributed by atoms with E-state index in [4.69, 9.17) is 15.0 Å². The van der Waals surface area contributed by atoms with Gasteiger partial charge >= 0.3 is 5.97 Å². The highest BCUT2D eigenvalue weighted by Crippen LogP contribution is 2.40. The van der Waals surface area contributed by atoms with Crippen LogP contribution in [-0.4, -0.2) is 102 Å². The fourth-order valence-corrected chi connectivity index (χ4v) is 5.52. The van der Waals surface area contributed by atoms with Gasteiger partial charge in [-0.15, -0.1) is 22.0 Å². The standard InChI is InChI=1S/C20H23N9O6S2/c1-29(2,7-11-25-22-9-35-11)6-4-5-10-8-36-18-13(17(31)28(18)14(10)19(32)33)23-16(30)12(26-34-3)15-24-20(21)37-27-15/h4-5,9,13,18H,6-8H2,1-3H3,(H3-,21,23,24,27,30,32,33)/p+1/b5-4+,26-12-/t13-,18-/m1/s1. The van der Waals surface area contributed by atoms with Crippen LogP contribution in [0.2, 0.25) is 0 Å². The van der Waals surface area contributed by atoms with Gasteiger partial charge in [-0.25, -0.2) is 4.79 Å². The number of nitrogen functional groups attached to an aromatic ring is 1. The number of amides is 2. The first-order valence-electron chi connectivity index (χ1n) is 10.8. The van der Waals surface area contributed by atoms with Gasteiger partial charge in [0.25, 0.3) is 17.7 Å². The van der Waals surface area contributed by atoms with Gasteiger partial charge in [-0.1, -0.05) is 11.2 Å². The molecule has 2 aromatic heterocycles. The Hall–Kier alpha value is -3.83. The topological polar surface area (TPSA) is 199 Å². The van der Waals surface area contributed by atoms with Crippen LogP contribution in [0.1, 0.15) is 11.7 Å². The molecule has 2 amide bonds. The number of thioether (sulfide) groups is 1. The monoisotopic (exact) mass is 550 g/mol. The molecule has 37 heavy (non-hydrogen) atoms. The van der Waals surface area contributed by atoms with Crippen molar-refractivity contribution < 1.29 is 33.2 Å². The third-order valence-corrected chi connectivity index (χ3v) is 7.27. The number of aliphatic carboxylic acids is 1. The molecular formula is C20H24N9O6S2+. The van der Waals surface area contributed by atoms with Gasteiger partial charge in [0, 0.05) is 17.3 Å². The summed E-state index contributed by atoms with van der Waals surface area (Å²) in [7, 11) is 5.19. The molecule has 4 rings (SSSR count). The molecule has 0 radical (unpaired) electrons. The molecule has 15 nitrogen and oxygen atoms in total. The maximum Gasteiger partial charge on any atom is 0.352 e. The molecule has 2 aromatic rings. The molecule has 0 unspecified atom stereocenters. The van der Waals surface area contributed by atoms with Crippen molar-refractivity contribution in [2.24, 2.45) is 5.16 Å². The van der Waals surface area contributed by atoms with Gasteiger partial charge in [0.15, 0.2) is 11.7 Å². The number of carboxylic acids is 1.